The highest BCUT2D eigenvalue weighted by molar-refractivity contribution is 6.07. The molecule has 3 fully saturated rings. The molecule has 1 aromatic carbocycles. The van der Waals surface area contributed by atoms with Crippen molar-refractivity contribution in [3.63, 3.8) is 0 Å². The third kappa shape index (κ3) is 5.45. The molecule has 2 saturated carbocycles. The van der Waals surface area contributed by atoms with Crippen molar-refractivity contribution in [3.05, 3.63) is 29.8 Å². The minimum Gasteiger partial charge on any atom is -0.444 e. The summed E-state index contributed by atoms with van der Waals surface area (Å²) in [5.41, 5.74) is -0.209. The first kappa shape index (κ1) is 27.0. The van der Waals surface area contributed by atoms with Crippen molar-refractivity contribution in [2.75, 3.05) is 11.9 Å². The minimum atomic E-state index is -0.993. The number of likely N-dealkylation sites (tertiary alicyclic amines) is 1. The highest BCUT2D eigenvalue weighted by Crippen LogP contribution is 2.46. The van der Waals surface area contributed by atoms with E-state index in [1.54, 1.807) is 20.8 Å². The molecule has 2 aliphatic carbocycles. The summed E-state index contributed by atoms with van der Waals surface area (Å²) in [5, 5.41) is 18.6. The van der Waals surface area contributed by atoms with Crippen LogP contribution in [0.2, 0.25) is 0 Å². The van der Waals surface area contributed by atoms with Crippen LogP contribution >= 0.6 is 0 Å². The number of carbonyl (C=O) groups is 4. The first-order chi connectivity index (χ1) is 18.5. The number of alkyl carbamates (subject to hydrolysis) is 1. The average molecular weight is 536 g/mol. The summed E-state index contributed by atoms with van der Waals surface area (Å²) in [6.45, 7) is 5.35. The molecule has 1 spiro atoms. The van der Waals surface area contributed by atoms with Gasteiger partial charge in [0.05, 0.1) is 11.5 Å². The Kier molecular flexibility index (Phi) is 7.04. The molecule has 4 aliphatic rings. The fourth-order valence-corrected chi connectivity index (χ4v) is 5.96. The van der Waals surface area contributed by atoms with Gasteiger partial charge in [0.1, 0.15) is 23.7 Å². The number of anilines is 1. The molecule has 10 heteroatoms. The van der Waals surface area contributed by atoms with Gasteiger partial charge >= 0.3 is 6.09 Å². The van der Waals surface area contributed by atoms with Crippen molar-refractivity contribution in [3.8, 4) is 6.07 Å². The Labute approximate surface area is 228 Å². The summed E-state index contributed by atoms with van der Waals surface area (Å²) >= 11 is 0. The number of hydrogen-bond acceptors (Lipinski definition) is 6. The zero-order valence-electron chi connectivity index (χ0n) is 22.8. The Bertz CT molecular complexity index is 1210. The number of ether oxygens (including phenoxy) is 1. The number of carbonyl (C=O) groups excluding carboxylic acids is 4. The summed E-state index contributed by atoms with van der Waals surface area (Å²) in [6, 6.07) is 7.14. The standard InChI is InChI=1S/C29H37N5O5/c1-28(2,3)39-27(38)33-23(18-7-6-8-18)24(35)31-22(13-17-11-12-17)25(36)34-16-29(14-19(34)15-30)20-9-4-5-10-21(20)32-26(29)37/h4-5,9-10,17-19,22-23H,6-8,11-14,16H2,1-3H3,(H,31,35)(H,32,37)(H,33,38)/t19-,22-,23-,29-/m0/s1. The molecule has 4 amide bonds. The Balaban J connectivity index is 1.35. The zero-order valence-corrected chi connectivity index (χ0v) is 22.8. The van der Waals surface area contributed by atoms with Gasteiger partial charge in [-0.2, -0.15) is 5.26 Å². The Morgan fingerprint density at radius 1 is 1.18 bits per heavy atom. The Morgan fingerprint density at radius 3 is 2.51 bits per heavy atom. The number of para-hydroxylation sites is 1. The quantitative estimate of drug-likeness (QED) is 0.490. The summed E-state index contributed by atoms with van der Waals surface area (Å²) in [4.78, 5) is 54.7. The van der Waals surface area contributed by atoms with Crippen LogP contribution in [0.1, 0.15) is 71.3 Å². The van der Waals surface area contributed by atoms with Crippen molar-refractivity contribution < 1.29 is 23.9 Å². The number of rotatable bonds is 7. The number of benzene rings is 1. The van der Waals surface area contributed by atoms with Crippen LogP contribution in [0.3, 0.4) is 0 Å². The number of nitrogens with one attached hydrogen (secondary N) is 3. The predicted octanol–water partition coefficient (Wildman–Crippen LogP) is 2.98. The maximum atomic E-state index is 14.0. The molecule has 0 aromatic heterocycles. The summed E-state index contributed by atoms with van der Waals surface area (Å²) in [7, 11) is 0. The number of nitriles is 1. The van der Waals surface area contributed by atoms with E-state index in [0.29, 0.717) is 18.0 Å². The molecule has 2 aliphatic heterocycles. The van der Waals surface area contributed by atoms with E-state index in [2.05, 4.69) is 22.0 Å². The fraction of sp³-hybridized carbons (Fsp3) is 0.621. The van der Waals surface area contributed by atoms with Gasteiger partial charge in [-0.3, -0.25) is 14.4 Å². The number of fused-ring (bicyclic) bond motifs is 2. The normalized spacial score (nSPS) is 25.6. The molecule has 4 atom stereocenters. The third-order valence-corrected chi connectivity index (χ3v) is 8.37. The molecule has 1 saturated heterocycles. The van der Waals surface area contributed by atoms with Gasteiger partial charge < -0.3 is 25.6 Å². The molecule has 39 heavy (non-hydrogen) atoms. The molecule has 5 rings (SSSR count). The molecule has 10 nitrogen and oxygen atoms in total. The second-order valence-corrected chi connectivity index (χ2v) is 12.5. The van der Waals surface area contributed by atoms with E-state index in [1.165, 1.54) is 4.90 Å². The molecule has 208 valence electrons. The molecule has 2 heterocycles. The first-order valence-electron chi connectivity index (χ1n) is 13.9. The summed E-state index contributed by atoms with van der Waals surface area (Å²) < 4.78 is 5.39. The van der Waals surface area contributed by atoms with Crippen molar-refractivity contribution in [2.24, 2.45) is 11.8 Å². The van der Waals surface area contributed by atoms with Gasteiger partial charge in [0, 0.05) is 18.7 Å². The van der Waals surface area contributed by atoms with Crippen molar-refractivity contribution in [1.29, 1.82) is 5.26 Å². The van der Waals surface area contributed by atoms with Gasteiger partial charge in [0.15, 0.2) is 0 Å². The van der Waals surface area contributed by atoms with Crippen molar-refractivity contribution >= 4 is 29.5 Å². The van der Waals surface area contributed by atoms with Gasteiger partial charge in [-0.15, -0.1) is 0 Å². The van der Waals surface area contributed by atoms with E-state index in [9.17, 15) is 24.4 Å². The van der Waals surface area contributed by atoms with Crippen LogP contribution < -0.4 is 16.0 Å². The van der Waals surface area contributed by atoms with E-state index >= 15 is 0 Å². The summed E-state index contributed by atoms with van der Waals surface area (Å²) in [5.74, 6) is -0.715. The molecule has 1 aromatic rings. The lowest BCUT2D eigenvalue weighted by molar-refractivity contribution is -0.138. The van der Waals surface area contributed by atoms with Gasteiger partial charge in [-0.25, -0.2) is 4.79 Å². The summed E-state index contributed by atoms with van der Waals surface area (Å²) in [6.07, 6.45) is 4.51. The van der Waals surface area contributed by atoms with Crippen LogP contribution in [0, 0.1) is 23.2 Å². The maximum Gasteiger partial charge on any atom is 0.408 e. The van der Waals surface area contributed by atoms with Crippen LogP contribution in [0.15, 0.2) is 24.3 Å². The highest BCUT2D eigenvalue weighted by atomic mass is 16.6. The van der Waals surface area contributed by atoms with Gasteiger partial charge in [-0.05, 0) is 63.5 Å². The molecule has 0 bridgehead atoms. The second-order valence-electron chi connectivity index (χ2n) is 12.5. The second kappa shape index (κ2) is 10.2. The van der Waals surface area contributed by atoms with Crippen LogP contribution in [-0.4, -0.2) is 59.0 Å². The fourth-order valence-electron chi connectivity index (χ4n) is 5.96. The van der Waals surface area contributed by atoms with Crippen molar-refractivity contribution in [2.45, 2.75) is 94.9 Å². The topological polar surface area (TPSA) is 141 Å². The van der Waals surface area contributed by atoms with Crippen molar-refractivity contribution in [1.82, 2.24) is 15.5 Å². The molecule has 0 unspecified atom stereocenters. The number of hydrogen-bond donors (Lipinski definition) is 3. The molecule has 0 radical (unpaired) electrons. The number of nitrogens with zero attached hydrogens (tertiary/aromatic N) is 2. The molecular weight excluding hydrogens is 498 g/mol. The zero-order chi connectivity index (χ0) is 27.9. The van der Waals surface area contributed by atoms with Crippen LogP contribution in [-0.2, 0) is 24.5 Å². The minimum absolute atomic E-state index is 0.0326. The lowest BCUT2D eigenvalue weighted by atomic mass is 9.79. The monoisotopic (exact) mass is 535 g/mol. The Morgan fingerprint density at radius 2 is 1.90 bits per heavy atom. The molecule has 3 N–H and O–H groups in total. The van der Waals surface area contributed by atoms with Crippen LogP contribution in [0.25, 0.3) is 0 Å². The lowest BCUT2D eigenvalue weighted by Crippen LogP contribution is -2.58. The van der Waals surface area contributed by atoms with Gasteiger partial charge in [0.2, 0.25) is 17.7 Å². The smallest absolute Gasteiger partial charge is 0.408 e. The lowest BCUT2D eigenvalue weighted by Gasteiger charge is -2.35. The van der Waals surface area contributed by atoms with E-state index in [0.717, 1.165) is 37.7 Å². The van der Waals surface area contributed by atoms with E-state index < -0.39 is 41.1 Å². The predicted molar refractivity (Wildman–Crippen MR) is 142 cm³/mol. The van der Waals surface area contributed by atoms with E-state index in [1.807, 2.05) is 24.3 Å². The van der Waals surface area contributed by atoms with E-state index in [4.69, 9.17) is 4.74 Å². The SMILES string of the molecule is CC(C)(C)OC(=O)N[C@H](C(=O)N[C@@H](CC1CC1)C(=O)N1C[C@]2(C[C@H]1C#N)C(=O)Nc1ccccc12)C1CCC1. The maximum absolute atomic E-state index is 14.0. The van der Waals surface area contributed by atoms with Gasteiger partial charge in [-0.1, -0.05) is 37.5 Å². The number of amides is 4. The Hall–Kier alpha value is -3.61. The highest BCUT2D eigenvalue weighted by Gasteiger charge is 2.56. The first-order valence-corrected chi connectivity index (χ1v) is 13.9. The van der Waals surface area contributed by atoms with Crippen LogP contribution in [0.4, 0.5) is 10.5 Å². The van der Waals surface area contributed by atoms with E-state index in [-0.39, 0.29) is 30.7 Å². The van der Waals surface area contributed by atoms with Gasteiger partial charge in [0.25, 0.3) is 0 Å². The molecular formula is C29H37N5O5. The average Bonchev–Trinajstić information content (AvgIpc) is 3.50. The van der Waals surface area contributed by atoms with Crippen LogP contribution in [0.5, 0.6) is 0 Å². The third-order valence-electron chi connectivity index (χ3n) is 8.37. The largest absolute Gasteiger partial charge is 0.444 e.